The summed E-state index contributed by atoms with van der Waals surface area (Å²) in [6, 6.07) is 4.25. The minimum Gasteiger partial charge on any atom is -0.370 e. The Hall–Kier alpha value is -1.62. The topological polar surface area (TPSA) is 80.0 Å². The highest BCUT2D eigenvalue weighted by Gasteiger charge is 2.30. The van der Waals surface area contributed by atoms with Gasteiger partial charge in [0.1, 0.15) is 5.82 Å². The second-order valence-electron chi connectivity index (χ2n) is 5.81. The number of hydrogen-bond donors (Lipinski definition) is 3. The van der Waals surface area contributed by atoms with Gasteiger partial charge >= 0.3 is 0 Å². The molecule has 1 atom stereocenters. The van der Waals surface area contributed by atoms with Crippen molar-refractivity contribution in [1.82, 2.24) is 10.3 Å². The van der Waals surface area contributed by atoms with Gasteiger partial charge < -0.3 is 16.4 Å². The van der Waals surface area contributed by atoms with Crippen molar-refractivity contribution in [2.24, 2.45) is 17.6 Å². The van der Waals surface area contributed by atoms with Crippen LogP contribution in [-0.2, 0) is 17.6 Å². The normalized spacial score (nSPS) is 19.6. The van der Waals surface area contributed by atoms with Crippen LogP contribution in [0, 0.1) is 11.8 Å². The molecule has 0 bridgehead atoms. The lowest BCUT2D eigenvalue weighted by atomic mass is 9.83. The van der Waals surface area contributed by atoms with Gasteiger partial charge in [0, 0.05) is 18.2 Å². The Kier molecular flexibility index (Phi) is 3.87. The van der Waals surface area contributed by atoms with E-state index in [9.17, 15) is 4.79 Å². The molecule has 4 N–H and O–H groups in total. The molecule has 2 aliphatic rings. The summed E-state index contributed by atoms with van der Waals surface area (Å²) in [4.78, 5) is 16.2. The highest BCUT2D eigenvalue weighted by Crippen LogP contribution is 2.24. The zero-order chi connectivity index (χ0) is 13.9. The number of anilines is 1. The van der Waals surface area contributed by atoms with Crippen LogP contribution in [0.15, 0.2) is 12.1 Å². The molecule has 0 spiro atoms. The number of nitrogens with zero attached hydrogens (tertiary/aromatic N) is 1. The van der Waals surface area contributed by atoms with E-state index in [-0.39, 0.29) is 11.8 Å². The molecule has 2 aliphatic heterocycles. The van der Waals surface area contributed by atoms with Crippen LogP contribution in [0.3, 0.4) is 0 Å². The van der Waals surface area contributed by atoms with Crippen LogP contribution >= 0.6 is 0 Å². The molecule has 1 aromatic heterocycles. The van der Waals surface area contributed by atoms with E-state index in [1.54, 1.807) is 0 Å². The van der Waals surface area contributed by atoms with Crippen molar-refractivity contribution in [3.05, 3.63) is 23.4 Å². The monoisotopic (exact) mass is 274 g/mol. The number of aryl methyl sites for hydroxylation is 2. The summed E-state index contributed by atoms with van der Waals surface area (Å²) < 4.78 is 0. The first-order chi connectivity index (χ1) is 9.74. The van der Waals surface area contributed by atoms with Crippen LogP contribution in [0.1, 0.15) is 24.1 Å². The third-order valence-corrected chi connectivity index (χ3v) is 4.41. The van der Waals surface area contributed by atoms with Crippen LogP contribution in [0.2, 0.25) is 0 Å². The quantitative estimate of drug-likeness (QED) is 0.738. The fourth-order valence-electron chi connectivity index (χ4n) is 3.02. The Bertz CT molecular complexity index is 499. The van der Waals surface area contributed by atoms with Crippen molar-refractivity contribution < 1.29 is 4.79 Å². The van der Waals surface area contributed by atoms with Crippen molar-refractivity contribution >= 4 is 11.7 Å². The average molecular weight is 274 g/mol. The fourth-order valence-corrected chi connectivity index (χ4v) is 3.02. The molecule has 0 saturated carbocycles. The Morgan fingerprint density at radius 2 is 2.30 bits per heavy atom. The summed E-state index contributed by atoms with van der Waals surface area (Å²) in [7, 11) is 0. The van der Waals surface area contributed by atoms with Gasteiger partial charge in [-0.3, -0.25) is 4.79 Å². The average Bonchev–Trinajstić information content (AvgIpc) is 2.40. The van der Waals surface area contributed by atoms with Crippen LogP contribution in [0.25, 0.3) is 0 Å². The van der Waals surface area contributed by atoms with Crippen molar-refractivity contribution in [1.29, 1.82) is 0 Å². The first-order valence-electron chi connectivity index (χ1n) is 7.47. The number of primary amides is 1. The lowest BCUT2D eigenvalue weighted by molar-refractivity contribution is -0.124. The van der Waals surface area contributed by atoms with Gasteiger partial charge in [-0.15, -0.1) is 0 Å². The molecule has 3 heterocycles. The summed E-state index contributed by atoms with van der Waals surface area (Å²) in [5.74, 6) is 1.23. The smallest absolute Gasteiger partial charge is 0.220 e. The van der Waals surface area contributed by atoms with Gasteiger partial charge in [-0.2, -0.15) is 0 Å². The third kappa shape index (κ3) is 2.77. The molecular weight excluding hydrogens is 252 g/mol. The van der Waals surface area contributed by atoms with Gasteiger partial charge in [-0.05, 0) is 56.3 Å². The molecule has 1 saturated heterocycles. The van der Waals surface area contributed by atoms with Crippen molar-refractivity contribution in [2.75, 3.05) is 25.0 Å². The highest BCUT2D eigenvalue weighted by molar-refractivity contribution is 5.77. The van der Waals surface area contributed by atoms with E-state index in [0.717, 1.165) is 50.4 Å². The summed E-state index contributed by atoms with van der Waals surface area (Å²) in [5.41, 5.74) is 7.88. The maximum atomic E-state index is 11.5. The number of aromatic nitrogens is 1. The molecular formula is C15H22N4O. The third-order valence-electron chi connectivity index (χ3n) is 4.41. The number of pyridine rings is 1. The maximum absolute atomic E-state index is 11.5. The van der Waals surface area contributed by atoms with E-state index >= 15 is 0 Å². The molecule has 0 radical (unpaired) electrons. The standard InChI is InChI=1S/C15H22N4O/c16-14(20)13(11-8-17-9-11)6-5-12-4-3-10-2-1-7-18-15(10)19-12/h3-4,11,13,17H,1-2,5-9H2,(H2,16,20)(H,18,19). The summed E-state index contributed by atoms with van der Waals surface area (Å²) in [6.45, 7) is 2.82. The number of carbonyl (C=O) groups is 1. The van der Waals surface area contributed by atoms with Gasteiger partial charge in [0.15, 0.2) is 0 Å². The molecule has 1 unspecified atom stereocenters. The van der Waals surface area contributed by atoms with Crippen LogP contribution < -0.4 is 16.4 Å². The molecule has 5 heteroatoms. The van der Waals surface area contributed by atoms with Gasteiger partial charge in [-0.25, -0.2) is 4.98 Å². The summed E-state index contributed by atoms with van der Waals surface area (Å²) >= 11 is 0. The van der Waals surface area contributed by atoms with E-state index in [4.69, 9.17) is 5.73 Å². The first kappa shape index (κ1) is 13.4. The molecule has 20 heavy (non-hydrogen) atoms. The Morgan fingerprint density at radius 1 is 1.45 bits per heavy atom. The second kappa shape index (κ2) is 5.79. The van der Waals surface area contributed by atoms with E-state index in [2.05, 4.69) is 27.8 Å². The minimum absolute atomic E-state index is 0.0259. The molecule has 5 nitrogen and oxygen atoms in total. The zero-order valence-corrected chi connectivity index (χ0v) is 11.7. The van der Waals surface area contributed by atoms with Gasteiger partial charge in [0.05, 0.1) is 0 Å². The van der Waals surface area contributed by atoms with Crippen molar-refractivity contribution in [3.8, 4) is 0 Å². The predicted octanol–water partition coefficient (Wildman–Crippen LogP) is 0.693. The fraction of sp³-hybridized carbons (Fsp3) is 0.600. The van der Waals surface area contributed by atoms with Crippen molar-refractivity contribution in [3.63, 3.8) is 0 Å². The number of carbonyl (C=O) groups excluding carboxylic acids is 1. The Balaban J connectivity index is 1.63. The van der Waals surface area contributed by atoms with Gasteiger partial charge in [-0.1, -0.05) is 6.07 Å². The lowest BCUT2D eigenvalue weighted by Crippen LogP contribution is -2.49. The Labute approximate surface area is 119 Å². The molecule has 1 amide bonds. The number of nitrogens with one attached hydrogen (secondary N) is 2. The van der Waals surface area contributed by atoms with Crippen molar-refractivity contribution in [2.45, 2.75) is 25.7 Å². The largest absolute Gasteiger partial charge is 0.370 e. The minimum atomic E-state index is -0.174. The molecule has 3 rings (SSSR count). The summed E-state index contributed by atoms with van der Waals surface area (Å²) in [6.07, 6.45) is 3.90. The second-order valence-corrected chi connectivity index (χ2v) is 5.81. The van der Waals surface area contributed by atoms with Gasteiger partial charge in [0.25, 0.3) is 0 Å². The maximum Gasteiger partial charge on any atom is 0.220 e. The number of nitrogens with two attached hydrogens (primary N) is 1. The van der Waals surface area contributed by atoms with E-state index in [1.165, 1.54) is 12.0 Å². The summed E-state index contributed by atoms with van der Waals surface area (Å²) in [5, 5.41) is 6.55. The molecule has 1 fully saturated rings. The molecule has 108 valence electrons. The number of fused-ring (bicyclic) bond motifs is 1. The number of hydrogen-bond acceptors (Lipinski definition) is 4. The van der Waals surface area contributed by atoms with E-state index in [0.29, 0.717) is 5.92 Å². The Morgan fingerprint density at radius 3 is 3.00 bits per heavy atom. The van der Waals surface area contributed by atoms with Crippen LogP contribution in [0.5, 0.6) is 0 Å². The lowest BCUT2D eigenvalue weighted by Gasteiger charge is -2.33. The highest BCUT2D eigenvalue weighted by atomic mass is 16.1. The molecule has 0 aliphatic carbocycles. The zero-order valence-electron chi connectivity index (χ0n) is 11.7. The molecule has 0 aromatic carbocycles. The van der Waals surface area contributed by atoms with E-state index < -0.39 is 0 Å². The predicted molar refractivity (Wildman–Crippen MR) is 78.4 cm³/mol. The number of rotatable bonds is 5. The first-order valence-corrected chi connectivity index (χ1v) is 7.47. The SMILES string of the molecule is NC(=O)C(CCc1ccc2c(n1)NCCC2)C1CNC1. The molecule has 1 aromatic rings. The van der Waals surface area contributed by atoms with Crippen LogP contribution in [0.4, 0.5) is 5.82 Å². The van der Waals surface area contributed by atoms with Gasteiger partial charge in [0.2, 0.25) is 5.91 Å². The number of amides is 1. The van der Waals surface area contributed by atoms with Crippen LogP contribution in [-0.4, -0.2) is 30.5 Å². The van der Waals surface area contributed by atoms with E-state index in [1.807, 2.05) is 0 Å².